The monoisotopic (exact) mass is 418 g/mol. The molecule has 0 saturated carbocycles. The zero-order chi connectivity index (χ0) is 22.5. The number of nitrogens with one attached hydrogen (secondary N) is 1. The summed E-state index contributed by atoms with van der Waals surface area (Å²) in [6, 6.07) is 16.3. The van der Waals surface area contributed by atoms with Crippen LogP contribution >= 0.6 is 0 Å². The van der Waals surface area contributed by atoms with E-state index in [4.69, 9.17) is 22.1 Å². The van der Waals surface area contributed by atoms with Gasteiger partial charge in [-0.25, -0.2) is 0 Å². The lowest BCUT2D eigenvalue weighted by Gasteiger charge is -2.17. The minimum absolute atomic E-state index is 0.00949. The molecular weight excluding hydrogens is 396 g/mol. The zero-order valence-electron chi connectivity index (χ0n) is 16.9. The number of carboxylic acids is 1. The molecule has 1 amide bonds. The number of aromatic nitrogens is 1. The first-order chi connectivity index (χ1) is 14.8. The van der Waals surface area contributed by atoms with Crippen LogP contribution in [0.2, 0.25) is 0 Å². The molecule has 3 rings (SSSR count). The number of carboxylic acid groups (broad SMARTS) is 1. The van der Waals surface area contributed by atoms with Gasteiger partial charge in [-0.3, -0.25) is 9.59 Å². The number of hydrogen-bond acceptors (Lipinski definition) is 4. The third-order valence-electron chi connectivity index (χ3n) is 4.91. The molecule has 0 aliphatic carbocycles. The zero-order valence-corrected chi connectivity index (χ0v) is 16.9. The van der Waals surface area contributed by atoms with Gasteiger partial charge in [0.2, 0.25) is 5.91 Å². The van der Waals surface area contributed by atoms with Crippen molar-refractivity contribution in [3.8, 4) is 16.9 Å². The number of primary amides is 1. The van der Waals surface area contributed by atoms with Gasteiger partial charge < -0.3 is 21.1 Å². The molecule has 1 heterocycles. The second kappa shape index (κ2) is 9.04. The third kappa shape index (κ3) is 4.67. The summed E-state index contributed by atoms with van der Waals surface area (Å²) >= 11 is 0. The lowest BCUT2D eigenvalue weighted by molar-refractivity contribution is -0.136. The van der Waals surface area contributed by atoms with Crippen molar-refractivity contribution in [1.82, 2.24) is 4.57 Å². The smallest absolute Gasteiger partial charge is 0.303 e. The standard InChI is InChI=1S/C22H22N6O3/c1-13-12-16(22(24)31)6-9-18(13)28-17(8-11-20(29)30)7-10-19(28)14-2-4-15(5-3-14)21(23)26-27-25/h2-7,9-10,12H,8,11H2,1H3,(H2,24,31)(H,29,30)(H3,23,25,26). The minimum atomic E-state index is -0.881. The molecule has 9 nitrogen and oxygen atoms in total. The molecule has 0 atom stereocenters. The van der Waals surface area contributed by atoms with Gasteiger partial charge in [-0.15, -0.1) is 5.10 Å². The van der Waals surface area contributed by atoms with Crippen molar-refractivity contribution in [1.29, 1.82) is 5.53 Å². The van der Waals surface area contributed by atoms with E-state index in [2.05, 4.69) is 10.3 Å². The number of benzene rings is 2. The molecule has 3 aromatic rings. The third-order valence-corrected chi connectivity index (χ3v) is 4.91. The van der Waals surface area contributed by atoms with Crippen LogP contribution in [0.15, 0.2) is 64.9 Å². The van der Waals surface area contributed by atoms with Crippen LogP contribution in [0.5, 0.6) is 0 Å². The Labute approximate surface area is 178 Å². The summed E-state index contributed by atoms with van der Waals surface area (Å²) in [5.41, 5.74) is 23.2. The molecule has 0 radical (unpaired) electrons. The van der Waals surface area contributed by atoms with Crippen LogP contribution in [0.25, 0.3) is 16.9 Å². The van der Waals surface area contributed by atoms with Crippen molar-refractivity contribution in [2.75, 3.05) is 0 Å². The molecule has 9 heteroatoms. The normalized spacial score (nSPS) is 11.3. The van der Waals surface area contributed by atoms with Gasteiger partial charge in [0, 0.05) is 22.5 Å². The number of amides is 1. The maximum Gasteiger partial charge on any atom is 0.303 e. The van der Waals surface area contributed by atoms with Crippen molar-refractivity contribution < 1.29 is 14.7 Å². The average molecular weight is 418 g/mol. The first-order valence-corrected chi connectivity index (χ1v) is 9.45. The number of nitrogens with two attached hydrogens (primary N) is 2. The number of rotatable bonds is 8. The molecule has 31 heavy (non-hydrogen) atoms. The molecular formula is C22H22N6O3. The predicted octanol–water partition coefficient (Wildman–Crippen LogP) is 3.22. The predicted molar refractivity (Wildman–Crippen MR) is 116 cm³/mol. The Balaban J connectivity index is 2.12. The van der Waals surface area contributed by atoms with E-state index in [0.29, 0.717) is 17.5 Å². The SMILES string of the molecule is Cc1cc(C(N)=O)ccc1-n1c(CCC(=O)O)ccc1-c1ccc(C(N)=NN=N)cc1. The van der Waals surface area contributed by atoms with Crippen LogP contribution in [-0.4, -0.2) is 27.4 Å². The Hall–Kier alpha value is -4.27. The number of hydrogen-bond donors (Lipinski definition) is 4. The second-order valence-corrected chi connectivity index (χ2v) is 6.97. The fourth-order valence-corrected chi connectivity index (χ4v) is 3.40. The molecule has 2 aromatic carbocycles. The Morgan fingerprint density at radius 3 is 2.29 bits per heavy atom. The molecule has 6 N–H and O–H groups in total. The Morgan fingerprint density at radius 2 is 1.71 bits per heavy atom. The molecule has 0 aliphatic rings. The maximum atomic E-state index is 11.5. The number of nitrogens with zero attached hydrogens (tertiary/aromatic N) is 3. The van der Waals surface area contributed by atoms with Crippen LogP contribution in [0.3, 0.4) is 0 Å². The largest absolute Gasteiger partial charge is 0.481 e. The van der Waals surface area contributed by atoms with Crippen LogP contribution in [0, 0.1) is 12.5 Å². The highest BCUT2D eigenvalue weighted by Gasteiger charge is 2.16. The highest BCUT2D eigenvalue weighted by molar-refractivity contribution is 5.97. The minimum Gasteiger partial charge on any atom is -0.481 e. The quantitative estimate of drug-likeness (QED) is 0.191. The van der Waals surface area contributed by atoms with Gasteiger partial charge in [0.1, 0.15) is 0 Å². The molecule has 0 aliphatic heterocycles. The molecule has 0 spiro atoms. The summed E-state index contributed by atoms with van der Waals surface area (Å²) in [6.07, 6.45) is 0.333. The van der Waals surface area contributed by atoms with E-state index in [1.807, 2.05) is 35.8 Å². The van der Waals surface area contributed by atoms with Gasteiger partial charge in [-0.1, -0.05) is 29.5 Å². The van der Waals surface area contributed by atoms with Crippen LogP contribution in [0.1, 0.15) is 33.6 Å². The summed E-state index contributed by atoms with van der Waals surface area (Å²) < 4.78 is 1.98. The van der Waals surface area contributed by atoms with E-state index in [9.17, 15) is 9.59 Å². The van der Waals surface area contributed by atoms with Crippen LogP contribution in [-0.2, 0) is 11.2 Å². The summed E-state index contributed by atoms with van der Waals surface area (Å²) in [4.78, 5) is 22.7. The second-order valence-electron chi connectivity index (χ2n) is 6.97. The summed E-state index contributed by atoms with van der Waals surface area (Å²) in [5.74, 6) is -1.26. The Bertz CT molecular complexity index is 1180. The molecule has 0 unspecified atom stereocenters. The first-order valence-electron chi connectivity index (χ1n) is 9.45. The van der Waals surface area contributed by atoms with E-state index in [1.165, 1.54) is 0 Å². The van der Waals surface area contributed by atoms with Crippen LogP contribution < -0.4 is 11.5 Å². The van der Waals surface area contributed by atoms with E-state index < -0.39 is 11.9 Å². The van der Waals surface area contributed by atoms with Crippen LogP contribution in [0.4, 0.5) is 0 Å². The lowest BCUT2D eigenvalue weighted by Crippen LogP contribution is -2.13. The fourth-order valence-electron chi connectivity index (χ4n) is 3.40. The summed E-state index contributed by atoms with van der Waals surface area (Å²) in [7, 11) is 0. The number of amidine groups is 1. The lowest BCUT2D eigenvalue weighted by atomic mass is 10.1. The van der Waals surface area contributed by atoms with E-state index in [-0.39, 0.29) is 12.3 Å². The van der Waals surface area contributed by atoms with E-state index in [1.54, 1.807) is 30.3 Å². The van der Waals surface area contributed by atoms with E-state index in [0.717, 1.165) is 28.2 Å². The molecule has 1 aromatic heterocycles. The number of carbonyl (C=O) groups is 2. The Kier molecular flexibility index (Phi) is 6.25. The highest BCUT2D eigenvalue weighted by atomic mass is 16.4. The summed E-state index contributed by atoms with van der Waals surface area (Å²) in [6.45, 7) is 1.87. The van der Waals surface area contributed by atoms with E-state index >= 15 is 0 Å². The van der Waals surface area contributed by atoms with Crippen molar-refractivity contribution in [2.45, 2.75) is 19.8 Å². The van der Waals surface area contributed by atoms with Gasteiger partial charge in [0.25, 0.3) is 0 Å². The van der Waals surface area contributed by atoms with Gasteiger partial charge in [-0.2, -0.15) is 5.53 Å². The van der Waals surface area contributed by atoms with Gasteiger partial charge in [0.05, 0.1) is 12.1 Å². The molecule has 0 fully saturated rings. The topological polar surface area (TPSA) is 160 Å². The maximum absolute atomic E-state index is 11.5. The highest BCUT2D eigenvalue weighted by Crippen LogP contribution is 2.30. The molecule has 158 valence electrons. The number of aliphatic carboxylic acids is 1. The molecule has 0 bridgehead atoms. The van der Waals surface area contributed by atoms with Crippen molar-refractivity contribution in [3.05, 3.63) is 77.0 Å². The van der Waals surface area contributed by atoms with Gasteiger partial charge in [0.15, 0.2) is 5.84 Å². The van der Waals surface area contributed by atoms with Gasteiger partial charge in [-0.05, 0) is 54.8 Å². The summed E-state index contributed by atoms with van der Waals surface area (Å²) in [5, 5.41) is 15.6. The fraction of sp³-hybridized carbons (Fsp3) is 0.136. The van der Waals surface area contributed by atoms with Crippen molar-refractivity contribution in [3.63, 3.8) is 0 Å². The number of carbonyl (C=O) groups excluding carboxylic acids is 1. The van der Waals surface area contributed by atoms with Crippen molar-refractivity contribution in [2.24, 2.45) is 21.8 Å². The van der Waals surface area contributed by atoms with Gasteiger partial charge >= 0.3 is 5.97 Å². The molecule has 0 saturated heterocycles. The first kappa shape index (κ1) is 21.4. The average Bonchev–Trinajstić information content (AvgIpc) is 3.16. The number of aryl methyl sites for hydroxylation is 2. The Morgan fingerprint density at radius 1 is 1.03 bits per heavy atom. The van der Waals surface area contributed by atoms with Crippen molar-refractivity contribution >= 4 is 17.7 Å².